The number of fused-ring (bicyclic) bond motifs is 3. The first-order chi connectivity index (χ1) is 7.40. The quantitative estimate of drug-likeness (QED) is 0.740. The second kappa shape index (κ2) is 3.28. The topological polar surface area (TPSA) is 37.0 Å². The summed E-state index contributed by atoms with van der Waals surface area (Å²) in [6.45, 7) is 2.02. The van der Waals surface area contributed by atoms with Crippen LogP contribution in [0.1, 0.15) is 11.3 Å². The van der Waals surface area contributed by atoms with Gasteiger partial charge in [0, 0.05) is 30.6 Å². The molecule has 0 fully saturated rings. The van der Waals surface area contributed by atoms with Gasteiger partial charge in [0.25, 0.3) is 0 Å². The fourth-order valence-corrected chi connectivity index (χ4v) is 2.31. The highest BCUT2D eigenvalue weighted by Crippen LogP contribution is 2.30. The fourth-order valence-electron chi connectivity index (χ4n) is 2.31. The summed E-state index contributed by atoms with van der Waals surface area (Å²) >= 11 is 0. The fraction of sp³-hybridized carbons (Fsp3) is 0.333. The van der Waals surface area contributed by atoms with Gasteiger partial charge in [-0.3, -0.25) is 0 Å². The van der Waals surface area contributed by atoms with Crippen molar-refractivity contribution in [2.45, 2.75) is 13.0 Å². The molecule has 0 spiro atoms. The molecule has 0 unspecified atom stereocenters. The first kappa shape index (κ1) is 8.80. The Morgan fingerprint density at radius 1 is 1.33 bits per heavy atom. The minimum Gasteiger partial charge on any atom is -0.495 e. The van der Waals surface area contributed by atoms with E-state index in [0.717, 1.165) is 30.8 Å². The molecule has 2 N–H and O–H groups in total. The van der Waals surface area contributed by atoms with E-state index in [4.69, 9.17) is 4.74 Å². The maximum atomic E-state index is 5.35. The SMILES string of the molecule is COc1cccc2c3c([nH]c12)CCNC3. The summed E-state index contributed by atoms with van der Waals surface area (Å²) in [6, 6.07) is 6.20. The van der Waals surface area contributed by atoms with Crippen molar-refractivity contribution >= 4 is 10.9 Å². The summed E-state index contributed by atoms with van der Waals surface area (Å²) in [6.07, 6.45) is 1.08. The molecule has 1 aromatic carbocycles. The number of H-pyrrole nitrogens is 1. The van der Waals surface area contributed by atoms with Crippen LogP contribution in [-0.4, -0.2) is 18.6 Å². The lowest BCUT2D eigenvalue weighted by Gasteiger charge is -2.12. The maximum Gasteiger partial charge on any atom is 0.142 e. The lowest BCUT2D eigenvalue weighted by atomic mass is 10.1. The molecule has 2 heterocycles. The summed E-state index contributed by atoms with van der Waals surface area (Å²) in [4.78, 5) is 3.47. The van der Waals surface area contributed by atoms with Gasteiger partial charge in [0.05, 0.1) is 12.6 Å². The van der Waals surface area contributed by atoms with Crippen molar-refractivity contribution in [1.29, 1.82) is 0 Å². The molecule has 1 aliphatic rings. The van der Waals surface area contributed by atoms with Crippen LogP contribution in [0, 0.1) is 0 Å². The lowest BCUT2D eigenvalue weighted by molar-refractivity contribution is 0.419. The van der Waals surface area contributed by atoms with Gasteiger partial charge in [-0.1, -0.05) is 12.1 Å². The number of benzene rings is 1. The van der Waals surface area contributed by atoms with E-state index in [1.54, 1.807) is 7.11 Å². The van der Waals surface area contributed by atoms with Gasteiger partial charge < -0.3 is 15.0 Å². The number of rotatable bonds is 1. The number of aromatic nitrogens is 1. The monoisotopic (exact) mass is 202 g/mol. The Hall–Kier alpha value is -1.48. The van der Waals surface area contributed by atoms with Crippen LogP contribution >= 0.6 is 0 Å². The summed E-state index contributed by atoms with van der Waals surface area (Å²) in [5.74, 6) is 0.932. The molecule has 15 heavy (non-hydrogen) atoms. The average Bonchev–Trinajstić information content (AvgIpc) is 2.67. The number of hydrogen-bond donors (Lipinski definition) is 2. The van der Waals surface area contributed by atoms with Gasteiger partial charge in [-0.15, -0.1) is 0 Å². The van der Waals surface area contributed by atoms with Crippen LogP contribution in [0.25, 0.3) is 10.9 Å². The Kier molecular flexibility index (Phi) is 1.92. The number of nitrogens with one attached hydrogen (secondary N) is 2. The number of aromatic amines is 1. The van der Waals surface area contributed by atoms with Gasteiger partial charge >= 0.3 is 0 Å². The minimum atomic E-state index is 0.932. The van der Waals surface area contributed by atoms with E-state index in [9.17, 15) is 0 Å². The minimum absolute atomic E-state index is 0.932. The van der Waals surface area contributed by atoms with E-state index in [1.165, 1.54) is 16.6 Å². The first-order valence-electron chi connectivity index (χ1n) is 5.27. The van der Waals surface area contributed by atoms with E-state index in [2.05, 4.69) is 16.4 Å². The van der Waals surface area contributed by atoms with E-state index in [0.29, 0.717) is 0 Å². The van der Waals surface area contributed by atoms with E-state index >= 15 is 0 Å². The van der Waals surface area contributed by atoms with Crippen molar-refractivity contribution in [2.75, 3.05) is 13.7 Å². The molecule has 0 radical (unpaired) electrons. The molecular formula is C12H14N2O. The van der Waals surface area contributed by atoms with Crippen LogP contribution in [-0.2, 0) is 13.0 Å². The normalized spacial score (nSPS) is 15.3. The molecule has 0 aliphatic carbocycles. The average molecular weight is 202 g/mol. The van der Waals surface area contributed by atoms with Crippen LogP contribution in [0.2, 0.25) is 0 Å². The number of hydrogen-bond acceptors (Lipinski definition) is 2. The van der Waals surface area contributed by atoms with Crippen molar-refractivity contribution in [3.8, 4) is 5.75 Å². The largest absolute Gasteiger partial charge is 0.495 e. The Morgan fingerprint density at radius 2 is 2.27 bits per heavy atom. The van der Waals surface area contributed by atoms with Crippen molar-refractivity contribution in [3.63, 3.8) is 0 Å². The Bertz CT molecular complexity index is 502. The highest BCUT2D eigenvalue weighted by atomic mass is 16.5. The zero-order chi connectivity index (χ0) is 10.3. The van der Waals surface area contributed by atoms with Gasteiger partial charge in [0.15, 0.2) is 0 Å². The summed E-state index contributed by atoms with van der Waals surface area (Å²) in [7, 11) is 1.72. The molecule has 1 aromatic heterocycles. The zero-order valence-corrected chi connectivity index (χ0v) is 8.76. The van der Waals surface area contributed by atoms with Crippen LogP contribution in [0.3, 0.4) is 0 Å². The van der Waals surface area contributed by atoms with Crippen LogP contribution in [0.15, 0.2) is 18.2 Å². The molecule has 1 aliphatic heterocycles. The molecule has 0 atom stereocenters. The highest BCUT2D eigenvalue weighted by Gasteiger charge is 2.16. The third-order valence-electron chi connectivity index (χ3n) is 3.06. The lowest BCUT2D eigenvalue weighted by Crippen LogP contribution is -2.22. The second-order valence-corrected chi connectivity index (χ2v) is 3.89. The van der Waals surface area contributed by atoms with Gasteiger partial charge in [-0.25, -0.2) is 0 Å². The molecule has 3 rings (SSSR count). The van der Waals surface area contributed by atoms with Gasteiger partial charge in [-0.05, 0) is 11.6 Å². The molecule has 78 valence electrons. The molecule has 3 nitrogen and oxygen atoms in total. The van der Waals surface area contributed by atoms with E-state index in [1.807, 2.05) is 12.1 Å². The smallest absolute Gasteiger partial charge is 0.142 e. The predicted molar refractivity (Wildman–Crippen MR) is 60.3 cm³/mol. The van der Waals surface area contributed by atoms with Gasteiger partial charge in [-0.2, -0.15) is 0 Å². The molecule has 0 bridgehead atoms. The third kappa shape index (κ3) is 1.23. The molecule has 0 amide bonds. The number of methoxy groups -OCH3 is 1. The van der Waals surface area contributed by atoms with Crippen LogP contribution in [0.5, 0.6) is 5.75 Å². The Morgan fingerprint density at radius 3 is 3.13 bits per heavy atom. The van der Waals surface area contributed by atoms with Gasteiger partial charge in [0.2, 0.25) is 0 Å². The van der Waals surface area contributed by atoms with Crippen molar-refractivity contribution in [3.05, 3.63) is 29.5 Å². The summed E-state index contributed by atoms with van der Waals surface area (Å²) in [5.41, 5.74) is 3.89. The second-order valence-electron chi connectivity index (χ2n) is 3.89. The maximum absolute atomic E-state index is 5.35. The summed E-state index contributed by atoms with van der Waals surface area (Å²) in [5, 5.41) is 4.68. The highest BCUT2D eigenvalue weighted by molar-refractivity contribution is 5.89. The number of ether oxygens (including phenoxy) is 1. The van der Waals surface area contributed by atoms with Crippen LogP contribution < -0.4 is 10.1 Å². The number of para-hydroxylation sites is 1. The van der Waals surface area contributed by atoms with Crippen molar-refractivity contribution in [1.82, 2.24) is 10.3 Å². The molecule has 3 heteroatoms. The van der Waals surface area contributed by atoms with Crippen molar-refractivity contribution in [2.24, 2.45) is 0 Å². The zero-order valence-electron chi connectivity index (χ0n) is 8.76. The van der Waals surface area contributed by atoms with Crippen molar-refractivity contribution < 1.29 is 4.74 Å². The molecule has 0 saturated heterocycles. The molecule has 0 saturated carbocycles. The third-order valence-corrected chi connectivity index (χ3v) is 3.06. The summed E-state index contributed by atoms with van der Waals surface area (Å²) < 4.78 is 5.35. The Balaban J connectivity index is 2.31. The molecule has 2 aromatic rings. The first-order valence-corrected chi connectivity index (χ1v) is 5.27. The Labute approximate surface area is 88.4 Å². The predicted octanol–water partition coefficient (Wildman–Crippen LogP) is 1.82. The van der Waals surface area contributed by atoms with Crippen LogP contribution in [0.4, 0.5) is 0 Å². The standard InChI is InChI=1S/C12H14N2O/c1-15-11-4-2-3-8-9-7-13-6-5-10(9)14-12(8)11/h2-4,13-14H,5-7H2,1H3. The van der Waals surface area contributed by atoms with Gasteiger partial charge in [0.1, 0.15) is 5.75 Å². The van der Waals surface area contributed by atoms with E-state index < -0.39 is 0 Å². The molecular weight excluding hydrogens is 188 g/mol. The van der Waals surface area contributed by atoms with E-state index in [-0.39, 0.29) is 0 Å².